The van der Waals surface area contributed by atoms with Gasteiger partial charge in [0.25, 0.3) is 0 Å². The van der Waals surface area contributed by atoms with Gasteiger partial charge in [-0.15, -0.1) is 0 Å². The smallest absolute Gasteiger partial charge is 0.139 e. The lowest BCUT2D eigenvalue weighted by molar-refractivity contribution is 0.624. The molecule has 0 radical (unpaired) electrons. The molecule has 3 aromatic rings. The van der Waals surface area contributed by atoms with Crippen molar-refractivity contribution >= 4 is 0 Å². The zero-order chi connectivity index (χ0) is 17.6. The van der Waals surface area contributed by atoms with Crippen LogP contribution in [0, 0.1) is 23.5 Å². The average molecular weight is 332 g/mol. The molecule has 0 unspecified atom stereocenters. The Morgan fingerprint density at radius 2 is 1.44 bits per heavy atom. The minimum atomic E-state index is -0.378. The van der Waals surface area contributed by atoms with E-state index in [1.165, 1.54) is 23.8 Å². The maximum absolute atomic E-state index is 14.3. The number of hydrogen-bond donors (Lipinski definition) is 0. The zero-order valence-electron chi connectivity index (χ0n) is 14.0. The molecule has 0 atom stereocenters. The van der Waals surface area contributed by atoms with Gasteiger partial charge in [-0.2, -0.15) is 0 Å². The van der Waals surface area contributed by atoms with Gasteiger partial charge in [-0.05, 0) is 59.5 Å². The van der Waals surface area contributed by atoms with Crippen molar-refractivity contribution < 1.29 is 8.78 Å². The molecule has 0 amide bonds. The third kappa shape index (κ3) is 4.33. The Kier molecular flexibility index (Phi) is 5.26. The van der Waals surface area contributed by atoms with Crippen molar-refractivity contribution in [1.82, 2.24) is 0 Å². The molecule has 0 aliphatic heterocycles. The van der Waals surface area contributed by atoms with E-state index in [1.807, 2.05) is 12.1 Å². The first-order valence-electron chi connectivity index (χ1n) is 8.32. The first-order valence-corrected chi connectivity index (χ1v) is 8.32. The summed E-state index contributed by atoms with van der Waals surface area (Å²) in [5.74, 6) is 5.20. The highest BCUT2D eigenvalue weighted by atomic mass is 19.1. The van der Waals surface area contributed by atoms with Crippen molar-refractivity contribution in [2.45, 2.75) is 19.8 Å². The molecule has 2 heteroatoms. The third-order valence-electron chi connectivity index (χ3n) is 3.98. The van der Waals surface area contributed by atoms with Gasteiger partial charge in [-0.1, -0.05) is 55.5 Å². The SMILES string of the molecule is CCCc1ccc(C#Cc2ccc(-c3ccc(F)cc3)cc2F)cc1. The molecular formula is C23H18F2. The van der Waals surface area contributed by atoms with Crippen LogP contribution in [0.5, 0.6) is 0 Å². The highest BCUT2D eigenvalue weighted by Crippen LogP contribution is 2.22. The van der Waals surface area contributed by atoms with E-state index in [1.54, 1.807) is 24.3 Å². The van der Waals surface area contributed by atoms with Crippen molar-refractivity contribution in [2.24, 2.45) is 0 Å². The van der Waals surface area contributed by atoms with Gasteiger partial charge in [0.15, 0.2) is 0 Å². The van der Waals surface area contributed by atoms with Crippen molar-refractivity contribution in [2.75, 3.05) is 0 Å². The topological polar surface area (TPSA) is 0 Å². The molecule has 0 saturated heterocycles. The summed E-state index contributed by atoms with van der Waals surface area (Å²) in [6, 6.07) is 18.9. The van der Waals surface area contributed by atoms with Crippen LogP contribution >= 0.6 is 0 Å². The number of rotatable bonds is 3. The normalized spacial score (nSPS) is 10.2. The van der Waals surface area contributed by atoms with Crippen LogP contribution < -0.4 is 0 Å². The molecule has 0 aromatic heterocycles. The molecule has 124 valence electrons. The second kappa shape index (κ2) is 7.77. The number of aryl methyl sites for hydroxylation is 1. The molecule has 3 rings (SSSR count). The predicted octanol–water partition coefficient (Wildman–Crippen LogP) is 5.98. The molecule has 0 spiro atoms. The summed E-state index contributed by atoms with van der Waals surface area (Å²) >= 11 is 0. The average Bonchev–Trinajstić information content (AvgIpc) is 2.63. The molecule has 0 aliphatic carbocycles. The van der Waals surface area contributed by atoms with Crippen LogP contribution in [0.25, 0.3) is 11.1 Å². The molecule has 0 saturated carbocycles. The van der Waals surface area contributed by atoms with Crippen molar-refractivity contribution in [1.29, 1.82) is 0 Å². The van der Waals surface area contributed by atoms with Gasteiger partial charge >= 0.3 is 0 Å². The lowest BCUT2D eigenvalue weighted by Crippen LogP contribution is -1.87. The van der Waals surface area contributed by atoms with Crippen molar-refractivity contribution in [3.05, 3.63) is 95.1 Å². The minimum Gasteiger partial charge on any atom is -0.207 e. The summed E-state index contributed by atoms with van der Waals surface area (Å²) in [6.07, 6.45) is 2.16. The molecule has 0 N–H and O–H groups in total. The zero-order valence-corrected chi connectivity index (χ0v) is 14.0. The van der Waals surface area contributed by atoms with E-state index in [9.17, 15) is 8.78 Å². The summed E-state index contributed by atoms with van der Waals surface area (Å²) in [4.78, 5) is 0. The highest BCUT2D eigenvalue weighted by molar-refractivity contribution is 5.64. The molecule has 0 heterocycles. The number of halogens is 2. The maximum atomic E-state index is 14.3. The van der Waals surface area contributed by atoms with E-state index in [0.717, 1.165) is 24.0 Å². The van der Waals surface area contributed by atoms with Gasteiger partial charge in [-0.25, -0.2) is 8.78 Å². The Morgan fingerprint density at radius 1 is 0.760 bits per heavy atom. The van der Waals surface area contributed by atoms with Crippen LogP contribution in [0.1, 0.15) is 30.0 Å². The van der Waals surface area contributed by atoms with E-state index in [0.29, 0.717) is 11.1 Å². The first kappa shape index (κ1) is 16.9. The molecule has 25 heavy (non-hydrogen) atoms. The number of benzene rings is 3. The lowest BCUT2D eigenvalue weighted by atomic mass is 10.0. The van der Waals surface area contributed by atoms with Crippen LogP contribution in [-0.2, 0) is 6.42 Å². The fourth-order valence-corrected chi connectivity index (χ4v) is 2.62. The summed E-state index contributed by atoms with van der Waals surface area (Å²) in [5.41, 5.74) is 3.96. The molecule has 3 aromatic carbocycles. The van der Waals surface area contributed by atoms with Gasteiger partial charge in [0.05, 0.1) is 5.56 Å². The Labute approximate surface area is 147 Å². The number of hydrogen-bond acceptors (Lipinski definition) is 0. The molecular weight excluding hydrogens is 314 g/mol. The van der Waals surface area contributed by atoms with E-state index >= 15 is 0 Å². The maximum Gasteiger partial charge on any atom is 0.139 e. The van der Waals surface area contributed by atoms with E-state index in [-0.39, 0.29) is 11.6 Å². The third-order valence-corrected chi connectivity index (χ3v) is 3.98. The largest absolute Gasteiger partial charge is 0.207 e. The Hall–Kier alpha value is -2.92. The van der Waals surface area contributed by atoms with Crippen LogP contribution in [0.3, 0.4) is 0 Å². The van der Waals surface area contributed by atoms with Crippen LogP contribution in [0.4, 0.5) is 8.78 Å². The van der Waals surface area contributed by atoms with Gasteiger partial charge in [0, 0.05) is 5.56 Å². The summed E-state index contributed by atoms with van der Waals surface area (Å²) < 4.78 is 27.3. The van der Waals surface area contributed by atoms with Crippen LogP contribution in [0.2, 0.25) is 0 Å². The van der Waals surface area contributed by atoms with Crippen molar-refractivity contribution in [3.63, 3.8) is 0 Å². The second-order valence-corrected chi connectivity index (χ2v) is 5.90. The van der Waals surface area contributed by atoms with E-state index < -0.39 is 0 Å². The fourth-order valence-electron chi connectivity index (χ4n) is 2.62. The van der Waals surface area contributed by atoms with Gasteiger partial charge < -0.3 is 0 Å². The summed E-state index contributed by atoms with van der Waals surface area (Å²) in [7, 11) is 0. The molecule has 0 nitrogen and oxygen atoms in total. The Balaban J connectivity index is 1.81. The predicted molar refractivity (Wildman–Crippen MR) is 98.2 cm³/mol. The molecule has 0 fully saturated rings. The summed E-state index contributed by atoms with van der Waals surface area (Å²) in [5, 5.41) is 0. The quantitative estimate of drug-likeness (QED) is 0.517. The van der Waals surface area contributed by atoms with Crippen molar-refractivity contribution in [3.8, 4) is 23.0 Å². The molecule has 0 bridgehead atoms. The van der Waals surface area contributed by atoms with Crippen LogP contribution in [0.15, 0.2) is 66.7 Å². The Morgan fingerprint density at radius 3 is 2.08 bits per heavy atom. The second-order valence-electron chi connectivity index (χ2n) is 5.90. The molecule has 0 aliphatic rings. The van der Waals surface area contributed by atoms with Crippen LogP contribution in [-0.4, -0.2) is 0 Å². The van der Waals surface area contributed by atoms with E-state index in [4.69, 9.17) is 0 Å². The van der Waals surface area contributed by atoms with Gasteiger partial charge in [0.1, 0.15) is 11.6 Å². The van der Waals surface area contributed by atoms with E-state index in [2.05, 4.69) is 30.9 Å². The Bertz CT molecular complexity index is 911. The van der Waals surface area contributed by atoms with Gasteiger partial charge in [0.2, 0.25) is 0 Å². The standard InChI is InChI=1S/C23H18F2/c1-2-3-17-4-6-18(7-5-17)8-9-20-10-11-21(16-23(20)25)19-12-14-22(24)15-13-19/h4-7,10-16H,2-3H2,1H3. The van der Waals surface area contributed by atoms with Gasteiger partial charge in [-0.3, -0.25) is 0 Å². The first-order chi connectivity index (χ1) is 12.2. The highest BCUT2D eigenvalue weighted by Gasteiger charge is 2.04. The monoisotopic (exact) mass is 332 g/mol. The fraction of sp³-hybridized carbons (Fsp3) is 0.130. The lowest BCUT2D eigenvalue weighted by Gasteiger charge is -2.03. The summed E-state index contributed by atoms with van der Waals surface area (Å²) in [6.45, 7) is 2.14. The minimum absolute atomic E-state index is 0.309.